The summed E-state index contributed by atoms with van der Waals surface area (Å²) in [5, 5.41) is 0. The quantitative estimate of drug-likeness (QED) is 0.890. The van der Waals surface area contributed by atoms with Crippen molar-refractivity contribution >= 4 is 0 Å². The summed E-state index contributed by atoms with van der Waals surface area (Å²) in [6.07, 6.45) is 6.01. The van der Waals surface area contributed by atoms with Gasteiger partial charge in [0.1, 0.15) is 5.60 Å². The molecule has 1 aliphatic carbocycles. The Hall–Kier alpha value is -1.22. The van der Waals surface area contributed by atoms with Crippen LogP contribution in [0.25, 0.3) is 0 Å². The maximum atomic E-state index is 6.28. The van der Waals surface area contributed by atoms with E-state index < -0.39 is 0 Å². The van der Waals surface area contributed by atoms with Crippen LogP contribution in [0.5, 0.6) is 11.5 Å². The molecule has 0 spiro atoms. The molecule has 18 heavy (non-hydrogen) atoms. The summed E-state index contributed by atoms with van der Waals surface area (Å²) in [7, 11) is 1.67. The zero-order chi connectivity index (χ0) is 13.0. The number of methoxy groups -OCH3 is 1. The maximum absolute atomic E-state index is 6.28. The summed E-state index contributed by atoms with van der Waals surface area (Å²) in [4.78, 5) is 0. The number of benzene rings is 1. The number of hydrogen-bond acceptors (Lipinski definition) is 3. The van der Waals surface area contributed by atoms with Gasteiger partial charge in [-0.25, -0.2) is 0 Å². The second kappa shape index (κ2) is 5.61. The van der Waals surface area contributed by atoms with Crippen LogP contribution in [0.3, 0.4) is 0 Å². The molecule has 0 saturated heterocycles. The Morgan fingerprint density at radius 2 is 1.94 bits per heavy atom. The Labute approximate surface area is 109 Å². The largest absolute Gasteiger partial charge is 0.493 e. The molecule has 3 nitrogen and oxygen atoms in total. The summed E-state index contributed by atoms with van der Waals surface area (Å²) in [6.45, 7) is 2.67. The first-order valence-corrected chi connectivity index (χ1v) is 6.73. The van der Waals surface area contributed by atoms with Gasteiger partial charge in [-0.1, -0.05) is 18.6 Å². The molecule has 0 amide bonds. The zero-order valence-corrected chi connectivity index (χ0v) is 11.4. The van der Waals surface area contributed by atoms with Crippen LogP contribution in [-0.4, -0.2) is 12.7 Å². The lowest BCUT2D eigenvalue weighted by Gasteiger charge is -2.35. The molecule has 0 bridgehead atoms. The van der Waals surface area contributed by atoms with Gasteiger partial charge < -0.3 is 15.2 Å². The lowest BCUT2D eigenvalue weighted by molar-refractivity contribution is 0.0450. The molecule has 0 aromatic heterocycles. The van der Waals surface area contributed by atoms with Gasteiger partial charge in [0, 0.05) is 12.1 Å². The smallest absolute Gasteiger partial charge is 0.166 e. The van der Waals surface area contributed by atoms with Crippen molar-refractivity contribution in [2.75, 3.05) is 7.11 Å². The summed E-state index contributed by atoms with van der Waals surface area (Å²) in [6, 6.07) is 5.89. The normalized spacial score (nSPS) is 18.4. The Morgan fingerprint density at radius 1 is 1.22 bits per heavy atom. The standard InChI is InChI=1S/C15H23NO2/c1-15(9-4-3-5-10-15)18-14-12(11-16)7-6-8-13(14)17-2/h6-8H,3-5,9-11,16H2,1-2H3. The van der Waals surface area contributed by atoms with Gasteiger partial charge >= 0.3 is 0 Å². The molecular formula is C15H23NO2. The van der Waals surface area contributed by atoms with Crippen molar-refractivity contribution in [3.05, 3.63) is 23.8 Å². The van der Waals surface area contributed by atoms with E-state index >= 15 is 0 Å². The Kier molecular flexibility index (Phi) is 4.12. The highest BCUT2D eigenvalue weighted by Gasteiger charge is 2.30. The minimum absolute atomic E-state index is 0.0726. The first-order chi connectivity index (χ1) is 8.68. The Morgan fingerprint density at radius 3 is 2.56 bits per heavy atom. The molecule has 0 radical (unpaired) electrons. The fourth-order valence-corrected chi connectivity index (χ4v) is 2.65. The highest BCUT2D eigenvalue weighted by Crippen LogP contribution is 2.38. The molecule has 2 N–H and O–H groups in total. The molecule has 3 heteroatoms. The van der Waals surface area contributed by atoms with Gasteiger partial charge in [0.2, 0.25) is 0 Å². The van der Waals surface area contributed by atoms with E-state index in [1.54, 1.807) is 7.11 Å². The second-order valence-electron chi connectivity index (χ2n) is 5.27. The molecule has 0 unspecified atom stereocenters. The minimum atomic E-state index is -0.0726. The molecule has 0 heterocycles. The van der Waals surface area contributed by atoms with Crippen molar-refractivity contribution in [3.8, 4) is 11.5 Å². The predicted molar refractivity (Wildman–Crippen MR) is 73.0 cm³/mol. The van der Waals surface area contributed by atoms with E-state index in [1.165, 1.54) is 19.3 Å². The number of rotatable bonds is 4. The van der Waals surface area contributed by atoms with E-state index in [0.717, 1.165) is 29.9 Å². The van der Waals surface area contributed by atoms with Gasteiger partial charge in [-0.05, 0) is 38.7 Å². The number of para-hydroxylation sites is 1. The number of nitrogens with two attached hydrogens (primary N) is 1. The first kappa shape index (κ1) is 13.2. The van der Waals surface area contributed by atoms with Gasteiger partial charge in [0.05, 0.1) is 7.11 Å². The molecule has 2 rings (SSSR count). The van der Waals surface area contributed by atoms with Gasteiger partial charge in [0.25, 0.3) is 0 Å². The minimum Gasteiger partial charge on any atom is -0.493 e. The molecule has 1 saturated carbocycles. The van der Waals surface area contributed by atoms with Gasteiger partial charge in [-0.2, -0.15) is 0 Å². The van der Waals surface area contributed by atoms with Crippen molar-refractivity contribution in [3.63, 3.8) is 0 Å². The summed E-state index contributed by atoms with van der Waals surface area (Å²) in [5.74, 6) is 1.61. The van der Waals surface area contributed by atoms with E-state index in [9.17, 15) is 0 Å². The summed E-state index contributed by atoms with van der Waals surface area (Å²) < 4.78 is 11.7. The maximum Gasteiger partial charge on any atom is 0.166 e. The molecule has 0 aliphatic heterocycles. The highest BCUT2D eigenvalue weighted by molar-refractivity contribution is 5.47. The molecule has 0 atom stereocenters. The van der Waals surface area contributed by atoms with Gasteiger partial charge in [-0.3, -0.25) is 0 Å². The monoisotopic (exact) mass is 249 g/mol. The Balaban J connectivity index is 2.26. The lowest BCUT2D eigenvalue weighted by atomic mass is 9.86. The van der Waals surface area contributed by atoms with Crippen LogP contribution in [0.2, 0.25) is 0 Å². The van der Waals surface area contributed by atoms with Crippen molar-refractivity contribution < 1.29 is 9.47 Å². The summed E-state index contributed by atoms with van der Waals surface area (Å²) in [5.41, 5.74) is 6.73. The van der Waals surface area contributed by atoms with Crippen molar-refractivity contribution in [2.45, 2.75) is 51.2 Å². The van der Waals surface area contributed by atoms with Crippen LogP contribution in [0.4, 0.5) is 0 Å². The molecule has 1 aromatic rings. The SMILES string of the molecule is COc1cccc(CN)c1OC1(C)CCCCC1. The van der Waals surface area contributed by atoms with Crippen molar-refractivity contribution in [1.29, 1.82) is 0 Å². The van der Waals surface area contributed by atoms with Crippen LogP contribution in [0.1, 0.15) is 44.6 Å². The van der Waals surface area contributed by atoms with Crippen molar-refractivity contribution in [1.82, 2.24) is 0 Å². The molecular weight excluding hydrogens is 226 g/mol. The zero-order valence-electron chi connectivity index (χ0n) is 11.4. The van der Waals surface area contributed by atoms with E-state index in [0.29, 0.717) is 6.54 Å². The van der Waals surface area contributed by atoms with Crippen molar-refractivity contribution in [2.24, 2.45) is 5.73 Å². The topological polar surface area (TPSA) is 44.5 Å². The van der Waals surface area contributed by atoms with Crippen LogP contribution in [-0.2, 0) is 6.54 Å². The van der Waals surface area contributed by atoms with Gasteiger partial charge in [-0.15, -0.1) is 0 Å². The van der Waals surface area contributed by atoms with E-state index in [-0.39, 0.29) is 5.60 Å². The predicted octanol–water partition coefficient (Wildman–Crippen LogP) is 3.26. The highest BCUT2D eigenvalue weighted by atomic mass is 16.5. The average molecular weight is 249 g/mol. The number of ether oxygens (including phenoxy) is 2. The second-order valence-corrected chi connectivity index (χ2v) is 5.27. The molecule has 1 fully saturated rings. The van der Waals surface area contributed by atoms with Gasteiger partial charge in [0.15, 0.2) is 11.5 Å². The number of hydrogen-bond donors (Lipinski definition) is 1. The van der Waals surface area contributed by atoms with Crippen LogP contribution in [0.15, 0.2) is 18.2 Å². The molecule has 1 aromatic carbocycles. The van der Waals surface area contributed by atoms with Crippen LogP contribution < -0.4 is 15.2 Å². The van der Waals surface area contributed by atoms with Crippen LogP contribution in [0, 0.1) is 0 Å². The van der Waals surface area contributed by atoms with E-state index in [1.807, 2.05) is 18.2 Å². The van der Waals surface area contributed by atoms with Crippen LogP contribution >= 0.6 is 0 Å². The fourth-order valence-electron chi connectivity index (χ4n) is 2.65. The van der Waals surface area contributed by atoms with E-state index in [4.69, 9.17) is 15.2 Å². The first-order valence-electron chi connectivity index (χ1n) is 6.73. The fraction of sp³-hybridized carbons (Fsp3) is 0.600. The Bertz CT molecular complexity index is 375. The molecule has 100 valence electrons. The third-order valence-corrected chi connectivity index (χ3v) is 3.76. The average Bonchev–Trinajstić information content (AvgIpc) is 2.39. The summed E-state index contributed by atoms with van der Waals surface area (Å²) >= 11 is 0. The lowest BCUT2D eigenvalue weighted by Crippen LogP contribution is -2.35. The molecule has 1 aliphatic rings. The third kappa shape index (κ3) is 2.78. The van der Waals surface area contributed by atoms with E-state index in [2.05, 4.69) is 6.92 Å². The third-order valence-electron chi connectivity index (χ3n) is 3.76.